The number of ether oxygens (including phenoxy) is 2. The molecule has 1 aliphatic heterocycles. The van der Waals surface area contributed by atoms with Crippen LogP contribution in [0.1, 0.15) is 39.8 Å². The van der Waals surface area contributed by atoms with Crippen LogP contribution in [0.5, 0.6) is 5.75 Å². The van der Waals surface area contributed by atoms with Crippen molar-refractivity contribution in [2.45, 2.75) is 33.0 Å². The van der Waals surface area contributed by atoms with Crippen LogP contribution in [0.4, 0.5) is 0 Å². The van der Waals surface area contributed by atoms with Crippen LogP contribution in [-0.4, -0.2) is 45.9 Å². The number of pyridine rings is 1. The number of hydrogen-bond acceptors (Lipinski definition) is 6. The van der Waals surface area contributed by atoms with Crippen molar-refractivity contribution in [1.82, 2.24) is 19.7 Å². The van der Waals surface area contributed by atoms with E-state index >= 15 is 0 Å². The number of nitrogens with zero attached hydrogens (tertiary/aromatic N) is 4. The molecular weight excluding hydrogens is 380 g/mol. The van der Waals surface area contributed by atoms with E-state index in [-0.39, 0.29) is 5.97 Å². The van der Waals surface area contributed by atoms with Crippen molar-refractivity contribution in [3.05, 3.63) is 76.9 Å². The minimum atomic E-state index is -0.354. The first-order chi connectivity index (χ1) is 14.7. The van der Waals surface area contributed by atoms with Gasteiger partial charge in [0, 0.05) is 49.7 Å². The van der Waals surface area contributed by atoms with Crippen LogP contribution in [0.15, 0.2) is 48.8 Å². The summed E-state index contributed by atoms with van der Waals surface area (Å²) < 4.78 is 12.5. The highest BCUT2D eigenvalue weighted by Crippen LogP contribution is 2.25. The monoisotopic (exact) mass is 406 g/mol. The fraction of sp³-hybridized carbons (Fsp3) is 0.348. The maximum Gasteiger partial charge on any atom is 0.359 e. The molecule has 0 saturated carbocycles. The van der Waals surface area contributed by atoms with Gasteiger partial charge in [-0.2, -0.15) is 5.10 Å². The molecule has 0 unspecified atom stereocenters. The first-order valence-corrected chi connectivity index (χ1v) is 10.2. The van der Waals surface area contributed by atoms with Gasteiger partial charge >= 0.3 is 5.97 Å². The maximum absolute atomic E-state index is 12.6. The number of esters is 1. The molecule has 0 spiro atoms. The Bertz CT molecular complexity index is 999. The van der Waals surface area contributed by atoms with Gasteiger partial charge in [-0.1, -0.05) is 12.1 Å². The summed E-state index contributed by atoms with van der Waals surface area (Å²) in [6.45, 7) is 5.15. The van der Waals surface area contributed by atoms with Gasteiger partial charge in [-0.3, -0.25) is 14.6 Å². The number of carbonyl (C=O) groups is 1. The van der Waals surface area contributed by atoms with Crippen molar-refractivity contribution in [2.24, 2.45) is 0 Å². The molecule has 0 radical (unpaired) electrons. The number of methoxy groups -OCH3 is 1. The molecule has 0 bridgehead atoms. The third kappa shape index (κ3) is 4.36. The quantitative estimate of drug-likeness (QED) is 0.562. The molecule has 7 heteroatoms. The number of carbonyl (C=O) groups excluding carboxylic acids is 1. The van der Waals surface area contributed by atoms with Gasteiger partial charge in [0.25, 0.3) is 0 Å². The predicted molar refractivity (Wildman–Crippen MR) is 112 cm³/mol. The Balaban J connectivity index is 1.60. The Morgan fingerprint density at radius 1 is 1.07 bits per heavy atom. The number of hydrogen-bond donors (Lipinski definition) is 0. The summed E-state index contributed by atoms with van der Waals surface area (Å²) in [6, 6.07) is 12.0. The van der Waals surface area contributed by atoms with Gasteiger partial charge < -0.3 is 9.47 Å². The summed E-state index contributed by atoms with van der Waals surface area (Å²) in [6.07, 6.45) is 4.45. The SMILES string of the molecule is CCOC(=O)c1nn(Cc2ccc(OC)cc2)c2c1CN(Cc1ccncc1)CC2. The van der Waals surface area contributed by atoms with Gasteiger partial charge in [0.1, 0.15) is 5.75 Å². The summed E-state index contributed by atoms with van der Waals surface area (Å²) in [4.78, 5) is 19.0. The molecule has 3 aromatic rings. The van der Waals surface area contributed by atoms with Crippen molar-refractivity contribution in [2.75, 3.05) is 20.3 Å². The van der Waals surface area contributed by atoms with E-state index < -0.39 is 0 Å². The Morgan fingerprint density at radius 2 is 1.80 bits per heavy atom. The fourth-order valence-corrected chi connectivity index (χ4v) is 3.83. The summed E-state index contributed by atoms with van der Waals surface area (Å²) in [5.41, 5.74) is 4.83. The molecule has 1 aliphatic rings. The van der Waals surface area contributed by atoms with E-state index in [2.05, 4.69) is 15.0 Å². The molecule has 0 fully saturated rings. The highest BCUT2D eigenvalue weighted by molar-refractivity contribution is 5.89. The molecule has 4 rings (SSSR count). The van der Waals surface area contributed by atoms with Gasteiger partial charge in [-0.15, -0.1) is 0 Å². The van der Waals surface area contributed by atoms with E-state index in [1.165, 1.54) is 5.56 Å². The van der Waals surface area contributed by atoms with Gasteiger partial charge in [0.05, 0.1) is 20.3 Å². The molecule has 0 amide bonds. The summed E-state index contributed by atoms with van der Waals surface area (Å²) in [5, 5.41) is 4.66. The molecule has 1 aromatic carbocycles. The zero-order valence-corrected chi connectivity index (χ0v) is 17.4. The first kappa shape index (κ1) is 20.1. The van der Waals surface area contributed by atoms with Crippen LogP contribution in [0.2, 0.25) is 0 Å². The summed E-state index contributed by atoms with van der Waals surface area (Å²) in [5.74, 6) is 0.466. The molecule has 2 aromatic heterocycles. The second-order valence-electron chi connectivity index (χ2n) is 7.32. The van der Waals surface area contributed by atoms with Crippen LogP contribution in [0.3, 0.4) is 0 Å². The smallest absolute Gasteiger partial charge is 0.359 e. The molecule has 0 atom stereocenters. The molecular formula is C23H26N4O3. The number of benzene rings is 1. The topological polar surface area (TPSA) is 69.5 Å². The molecule has 0 N–H and O–H groups in total. The largest absolute Gasteiger partial charge is 0.497 e. The van der Waals surface area contributed by atoms with Crippen LogP contribution in [-0.2, 0) is 30.8 Å². The second-order valence-corrected chi connectivity index (χ2v) is 7.32. The highest BCUT2D eigenvalue weighted by atomic mass is 16.5. The first-order valence-electron chi connectivity index (χ1n) is 10.2. The van der Waals surface area contributed by atoms with E-state index in [0.29, 0.717) is 25.4 Å². The molecule has 3 heterocycles. The van der Waals surface area contributed by atoms with Gasteiger partial charge in [-0.25, -0.2) is 4.79 Å². The maximum atomic E-state index is 12.6. The van der Waals surface area contributed by atoms with Crippen molar-refractivity contribution in [3.8, 4) is 5.75 Å². The predicted octanol–water partition coefficient (Wildman–Crippen LogP) is 3.07. The third-order valence-electron chi connectivity index (χ3n) is 5.33. The van der Waals surface area contributed by atoms with Crippen molar-refractivity contribution >= 4 is 5.97 Å². The summed E-state index contributed by atoms with van der Waals surface area (Å²) >= 11 is 0. The molecule has 156 valence electrons. The lowest BCUT2D eigenvalue weighted by atomic mass is 10.0. The van der Waals surface area contributed by atoms with E-state index in [1.54, 1.807) is 7.11 Å². The average Bonchev–Trinajstić information content (AvgIpc) is 3.13. The van der Waals surface area contributed by atoms with E-state index in [4.69, 9.17) is 9.47 Å². The van der Waals surface area contributed by atoms with Crippen LogP contribution >= 0.6 is 0 Å². The number of aromatic nitrogens is 3. The van der Waals surface area contributed by atoms with E-state index in [1.807, 2.05) is 60.4 Å². The Kier molecular flexibility index (Phi) is 6.09. The number of rotatable bonds is 7. The van der Waals surface area contributed by atoms with E-state index in [9.17, 15) is 4.79 Å². The lowest BCUT2D eigenvalue weighted by molar-refractivity contribution is 0.0515. The minimum absolute atomic E-state index is 0.333. The highest BCUT2D eigenvalue weighted by Gasteiger charge is 2.29. The normalized spacial score (nSPS) is 13.7. The van der Waals surface area contributed by atoms with Crippen LogP contribution < -0.4 is 4.74 Å². The molecule has 7 nitrogen and oxygen atoms in total. The van der Waals surface area contributed by atoms with Crippen molar-refractivity contribution in [1.29, 1.82) is 0 Å². The number of fused-ring (bicyclic) bond motifs is 1. The van der Waals surface area contributed by atoms with Crippen molar-refractivity contribution in [3.63, 3.8) is 0 Å². The van der Waals surface area contributed by atoms with Crippen LogP contribution in [0.25, 0.3) is 0 Å². The van der Waals surface area contributed by atoms with Crippen molar-refractivity contribution < 1.29 is 14.3 Å². The summed E-state index contributed by atoms with van der Waals surface area (Å²) in [7, 11) is 1.65. The van der Waals surface area contributed by atoms with Gasteiger partial charge in [0.2, 0.25) is 0 Å². The third-order valence-corrected chi connectivity index (χ3v) is 5.33. The average molecular weight is 406 g/mol. The molecule has 0 saturated heterocycles. The van der Waals surface area contributed by atoms with Gasteiger partial charge in [-0.05, 0) is 42.3 Å². The zero-order valence-electron chi connectivity index (χ0n) is 17.4. The lowest BCUT2D eigenvalue weighted by Crippen LogP contribution is -2.31. The second kappa shape index (κ2) is 9.09. The fourth-order valence-electron chi connectivity index (χ4n) is 3.83. The lowest BCUT2D eigenvalue weighted by Gasteiger charge is -2.27. The Hall–Kier alpha value is -3.19. The Labute approximate surface area is 176 Å². The molecule has 0 aliphatic carbocycles. The van der Waals surface area contributed by atoms with E-state index in [0.717, 1.165) is 42.1 Å². The zero-order chi connectivity index (χ0) is 20.9. The molecule has 30 heavy (non-hydrogen) atoms. The Morgan fingerprint density at radius 3 is 2.50 bits per heavy atom. The van der Waals surface area contributed by atoms with Gasteiger partial charge in [0.15, 0.2) is 5.69 Å². The standard InChI is InChI=1S/C23H26N4O3/c1-3-30-23(28)22-20-16-26(14-18-8-11-24-12-9-18)13-10-21(20)27(25-22)15-17-4-6-19(29-2)7-5-17/h4-9,11-12H,3,10,13-16H2,1-2H3. The minimum Gasteiger partial charge on any atom is -0.497 e. The van der Waals surface area contributed by atoms with Crippen LogP contribution in [0, 0.1) is 0 Å².